The van der Waals surface area contributed by atoms with Crippen molar-refractivity contribution in [1.29, 1.82) is 0 Å². The van der Waals surface area contributed by atoms with Crippen molar-refractivity contribution in [3.8, 4) is 0 Å². The van der Waals surface area contributed by atoms with E-state index < -0.39 is 0 Å². The Morgan fingerprint density at radius 2 is 1.42 bits per heavy atom. The highest BCUT2D eigenvalue weighted by Crippen LogP contribution is 2.22. The van der Waals surface area contributed by atoms with Gasteiger partial charge in [-0.1, -0.05) is 18.9 Å². The van der Waals surface area contributed by atoms with Gasteiger partial charge < -0.3 is 15.5 Å². The second-order valence-corrected chi connectivity index (χ2v) is 7.68. The summed E-state index contributed by atoms with van der Waals surface area (Å²) in [7, 11) is 0. The predicted octanol–water partition coefficient (Wildman–Crippen LogP) is 4.97. The topological polar surface area (TPSA) is 74.3 Å². The molecule has 3 aromatic rings. The number of carbonyl (C=O) groups is 2. The average molecular weight is 415 g/mol. The van der Waals surface area contributed by atoms with E-state index in [1.807, 2.05) is 12.1 Å². The average Bonchev–Trinajstić information content (AvgIpc) is 3.10. The van der Waals surface area contributed by atoms with Gasteiger partial charge in [0.25, 0.3) is 11.8 Å². The molecule has 0 saturated carbocycles. The number of nitrogens with zero attached hydrogens (tertiary/aromatic N) is 2. The van der Waals surface area contributed by atoms with Gasteiger partial charge in [0.1, 0.15) is 0 Å². The van der Waals surface area contributed by atoms with Crippen molar-refractivity contribution < 1.29 is 9.59 Å². The molecule has 4 rings (SSSR count). The number of nitrogens with one attached hydrogen (secondary N) is 2. The molecule has 2 N–H and O–H groups in total. The van der Waals surface area contributed by atoms with Crippen LogP contribution in [0.4, 0.5) is 17.1 Å². The monoisotopic (exact) mass is 414 g/mol. The second kappa shape index (κ2) is 9.89. The van der Waals surface area contributed by atoms with Crippen molar-refractivity contribution in [2.45, 2.75) is 25.7 Å². The van der Waals surface area contributed by atoms with Crippen molar-refractivity contribution >= 4 is 28.9 Å². The van der Waals surface area contributed by atoms with Crippen LogP contribution >= 0.6 is 0 Å². The molecule has 31 heavy (non-hydrogen) atoms. The van der Waals surface area contributed by atoms with Crippen LogP contribution in [0, 0.1) is 0 Å². The number of aromatic nitrogens is 1. The first-order valence-electron chi connectivity index (χ1n) is 10.7. The third kappa shape index (κ3) is 5.48. The highest BCUT2D eigenvalue weighted by atomic mass is 16.2. The fourth-order valence-corrected chi connectivity index (χ4v) is 3.73. The van der Waals surface area contributed by atoms with Gasteiger partial charge in [-0.15, -0.1) is 0 Å². The standard InChI is InChI=1S/C25H26N4O2/c30-24(27-21-10-12-23(13-11-21)29-15-3-1-2-4-16-29)19-7-5-9-22(17-19)28-25(31)20-8-6-14-26-18-20/h5-14,17-18H,1-4,15-16H2,(H,27,30)(H,28,31). The van der Waals surface area contributed by atoms with E-state index in [4.69, 9.17) is 0 Å². The molecule has 0 bridgehead atoms. The van der Waals surface area contributed by atoms with E-state index in [9.17, 15) is 9.59 Å². The first kappa shape index (κ1) is 20.6. The maximum Gasteiger partial charge on any atom is 0.257 e. The van der Waals surface area contributed by atoms with Crippen molar-refractivity contribution in [1.82, 2.24) is 4.98 Å². The Balaban J connectivity index is 1.39. The normalized spacial score (nSPS) is 13.9. The summed E-state index contributed by atoms with van der Waals surface area (Å²) in [5.74, 6) is -0.491. The lowest BCUT2D eigenvalue weighted by atomic mass is 10.1. The van der Waals surface area contributed by atoms with Gasteiger partial charge in [-0.2, -0.15) is 0 Å². The number of benzene rings is 2. The zero-order valence-electron chi connectivity index (χ0n) is 17.4. The Kier molecular flexibility index (Phi) is 6.57. The molecule has 1 aliphatic rings. The minimum absolute atomic E-state index is 0.222. The van der Waals surface area contributed by atoms with Gasteiger partial charge in [-0.25, -0.2) is 0 Å². The Labute approximate surface area is 182 Å². The van der Waals surface area contributed by atoms with Crippen LogP contribution in [0.2, 0.25) is 0 Å². The molecule has 2 amide bonds. The molecule has 1 aliphatic heterocycles. The SMILES string of the molecule is O=C(Nc1cccc(C(=O)Nc2ccc(N3CCCCCC3)cc2)c1)c1cccnc1. The van der Waals surface area contributed by atoms with Crippen LogP contribution in [0.1, 0.15) is 46.4 Å². The lowest BCUT2D eigenvalue weighted by Gasteiger charge is -2.22. The molecule has 0 radical (unpaired) electrons. The maximum atomic E-state index is 12.7. The molecule has 2 heterocycles. The van der Waals surface area contributed by atoms with Crippen molar-refractivity contribution in [3.63, 3.8) is 0 Å². The van der Waals surface area contributed by atoms with E-state index in [0.29, 0.717) is 16.8 Å². The van der Waals surface area contributed by atoms with Gasteiger partial charge in [0.2, 0.25) is 0 Å². The molecule has 0 atom stereocenters. The van der Waals surface area contributed by atoms with Crippen LogP contribution < -0.4 is 15.5 Å². The van der Waals surface area contributed by atoms with Gasteiger partial charge in [0, 0.05) is 48.1 Å². The van der Waals surface area contributed by atoms with E-state index in [2.05, 4.69) is 32.7 Å². The first-order valence-corrected chi connectivity index (χ1v) is 10.7. The molecule has 0 spiro atoms. The van der Waals surface area contributed by atoms with E-state index >= 15 is 0 Å². The summed E-state index contributed by atoms with van der Waals surface area (Å²) in [5.41, 5.74) is 3.42. The lowest BCUT2D eigenvalue weighted by Crippen LogP contribution is -2.23. The van der Waals surface area contributed by atoms with Crippen LogP contribution in [-0.2, 0) is 0 Å². The number of hydrogen-bond donors (Lipinski definition) is 2. The molecule has 1 saturated heterocycles. The van der Waals surface area contributed by atoms with Crippen LogP contribution in [0.25, 0.3) is 0 Å². The Bertz CT molecular complexity index is 1030. The molecule has 6 nitrogen and oxygen atoms in total. The van der Waals surface area contributed by atoms with Crippen LogP contribution in [0.3, 0.4) is 0 Å². The molecular weight excluding hydrogens is 388 g/mol. The molecule has 2 aromatic carbocycles. The first-order chi connectivity index (χ1) is 15.2. The lowest BCUT2D eigenvalue weighted by molar-refractivity contribution is 0.101. The fourth-order valence-electron chi connectivity index (χ4n) is 3.73. The molecule has 6 heteroatoms. The van der Waals surface area contributed by atoms with Gasteiger partial charge in [0.05, 0.1) is 5.56 Å². The minimum Gasteiger partial charge on any atom is -0.372 e. The van der Waals surface area contributed by atoms with E-state index in [1.165, 1.54) is 37.6 Å². The zero-order valence-corrected chi connectivity index (χ0v) is 17.4. The predicted molar refractivity (Wildman–Crippen MR) is 124 cm³/mol. The maximum absolute atomic E-state index is 12.7. The zero-order chi connectivity index (χ0) is 21.5. The summed E-state index contributed by atoms with van der Waals surface area (Å²) in [6, 6.07) is 18.3. The van der Waals surface area contributed by atoms with Crippen LogP contribution in [-0.4, -0.2) is 29.9 Å². The molecule has 1 aromatic heterocycles. The highest BCUT2D eigenvalue weighted by Gasteiger charge is 2.12. The number of hydrogen-bond acceptors (Lipinski definition) is 4. The van der Waals surface area contributed by atoms with E-state index in [1.54, 1.807) is 42.6 Å². The summed E-state index contributed by atoms with van der Waals surface area (Å²) in [6.07, 6.45) is 8.17. The number of pyridine rings is 1. The van der Waals surface area contributed by atoms with Gasteiger partial charge in [-0.05, 0) is 67.4 Å². The minimum atomic E-state index is -0.269. The van der Waals surface area contributed by atoms with Crippen molar-refractivity contribution in [2.24, 2.45) is 0 Å². The van der Waals surface area contributed by atoms with E-state index in [0.717, 1.165) is 18.8 Å². The van der Waals surface area contributed by atoms with Crippen LogP contribution in [0.5, 0.6) is 0 Å². The smallest absolute Gasteiger partial charge is 0.257 e. The third-order valence-corrected chi connectivity index (χ3v) is 5.40. The van der Waals surface area contributed by atoms with Crippen molar-refractivity contribution in [2.75, 3.05) is 28.6 Å². The fraction of sp³-hybridized carbons (Fsp3) is 0.240. The Morgan fingerprint density at radius 1 is 0.742 bits per heavy atom. The Morgan fingerprint density at radius 3 is 2.13 bits per heavy atom. The Hall–Kier alpha value is -3.67. The number of carbonyl (C=O) groups excluding carboxylic acids is 2. The molecule has 0 aliphatic carbocycles. The highest BCUT2D eigenvalue weighted by molar-refractivity contribution is 6.07. The summed E-state index contributed by atoms with van der Waals surface area (Å²) < 4.78 is 0. The summed E-state index contributed by atoms with van der Waals surface area (Å²) >= 11 is 0. The number of rotatable bonds is 5. The molecule has 0 unspecified atom stereocenters. The van der Waals surface area contributed by atoms with Gasteiger partial charge in [0.15, 0.2) is 0 Å². The second-order valence-electron chi connectivity index (χ2n) is 7.68. The van der Waals surface area contributed by atoms with Crippen LogP contribution in [0.15, 0.2) is 73.1 Å². The molecule has 158 valence electrons. The number of amides is 2. The van der Waals surface area contributed by atoms with Crippen molar-refractivity contribution in [3.05, 3.63) is 84.2 Å². The summed E-state index contributed by atoms with van der Waals surface area (Å²) in [4.78, 5) is 31.4. The van der Waals surface area contributed by atoms with Gasteiger partial charge in [-0.3, -0.25) is 14.6 Å². The summed E-state index contributed by atoms with van der Waals surface area (Å²) in [6.45, 7) is 2.17. The van der Waals surface area contributed by atoms with Gasteiger partial charge >= 0.3 is 0 Å². The quantitative estimate of drug-likeness (QED) is 0.618. The largest absolute Gasteiger partial charge is 0.372 e. The van der Waals surface area contributed by atoms with E-state index in [-0.39, 0.29) is 11.8 Å². The molecule has 1 fully saturated rings. The summed E-state index contributed by atoms with van der Waals surface area (Å²) in [5, 5.41) is 5.73. The molecular formula is C25H26N4O2. The number of anilines is 3. The third-order valence-electron chi connectivity index (χ3n) is 5.40.